The SMILES string of the molecule is CC1OC(O[C@H]2C3C=CO[C@@H](OC4OC(CO)C(O)C(O)C4O)C3[C@@]3(COC(=O)/C=C/c4ccccc4)O[C@@H]23)C(O)C(O)C1O. The number of aliphatic hydroxyl groups excluding tert-OH is 7. The van der Waals surface area contributed by atoms with Gasteiger partial charge in [-0.25, -0.2) is 4.79 Å². The molecule has 7 N–H and O–H groups in total. The van der Waals surface area contributed by atoms with E-state index in [0.29, 0.717) is 0 Å². The van der Waals surface area contributed by atoms with E-state index in [1.165, 1.54) is 19.3 Å². The van der Waals surface area contributed by atoms with E-state index in [-0.39, 0.29) is 6.61 Å². The zero-order chi connectivity index (χ0) is 32.0. The van der Waals surface area contributed by atoms with E-state index in [9.17, 15) is 40.5 Å². The summed E-state index contributed by atoms with van der Waals surface area (Å²) in [6, 6.07) is 9.13. The predicted molar refractivity (Wildman–Crippen MR) is 147 cm³/mol. The van der Waals surface area contributed by atoms with Crippen molar-refractivity contribution in [3.05, 3.63) is 54.3 Å². The van der Waals surface area contributed by atoms with Gasteiger partial charge >= 0.3 is 5.97 Å². The smallest absolute Gasteiger partial charge is 0.330 e. The van der Waals surface area contributed by atoms with Crippen molar-refractivity contribution in [3.63, 3.8) is 0 Å². The fourth-order valence-corrected chi connectivity index (χ4v) is 6.53. The van der Waals surface area contributed by atoms with Crippen LogP contribution in [0.4, 0.5) is 0 Å². The molecule has 12 unspecified atom stereocenters. The van der Waals surface area contributed by atoms with Crippen LogP contribution >= 0.6 is 0 Å². The van der Waals surface area contributed by atoms with Crippen molar-refractivity contribution in [1.82, 2.24) is 0 Å². The Morgan fingerprint density at radius 1 is 0.889 bits per heavy atom. The minimum Gasteiger partial charge on any atom is -0.472 e. The number of carbonyl (C=O) groups is 1. The number of fused-ring (bicyclic) bond motifs is 3. The highest BCUT2D eigenvalue weighted by Crippen LogP contribution is 2.61. The highest BCUT2D eigenvalue weighted by atomic mass is 16.8. The Bertz CT molecular complexity index is 1240. The van der Waals surface area contributed by atoms with Crippen LogP contribution in [0.1, 0.15) is 12.5 Å². The molecule has 15 heteroatoms. The van der Waals surface area contributed by atoms with E-state index < -0.39 is 110 Å². The summed E-state index contributed by atoms with van der Waals surface area (Å²) in [5.41, 5.74) is -0.452. The van der Waals surface area contributed by atoms with Crippen LogP contribution in [0.15, 0.2) is 48.7 Å². The maximum Gasteiger partial charge on any atom is 0.330 e. The van der Waals surface area contributed by atoms with Crippen molar-refractivity contribution in [3.8, 4) is 0 Å². The largest absolute Gasteiger partial charge is 0.472 e. The van der Waals surface area contributed by atoms with Gasteiger partial charge in [-0.15, -0.1) is 0 Å². The van der Waals surface area contributed by atoms with Crippen molar-refractivity contribution in [2.45, 2.75) is 92.4 Å². The topological polar surface area (TPSA) is 227 Å². The van der Waals surface area contributed by atoms with E-state index in [1.54, 1.807) is 12.2 Å². The van der Waals surface area contributed by atoms with Crippen LogP contribution in [0.3, 0.4) is 0 Å². The maximum absolute atomic E-state index is 12.7. The van der Waals surface area contributed by atoms with Crippen molar-refractivity contribution in [2.24, 2.45) is 11.8 Å². The van der Waals surface area contributed by atoms with Gasteiger partial charge in [0.2, 0.25) is 6.29 Å². The molecule has 1 aliphatic carbocycles. The molecule has 6 rings (SSSR count). The molecule has 3 saturated heterocycles. The van der Waals surface area contributed by atoms with Gasteiger partial charge in [-0.3, -0.25) is 0 Å². The van der Waals surface area contributed by atoms with Crippen LogP contribution in [0.25, 0.3) is 6.08 Å². The quantitative estimate of drug-likeness (QED) is 0.0845. The highest BCUT2D eigenvalue weighted by Gasteiger charge is 2.77. The molecule has 248 valence electrons. The number of carbonyl (C=O) groups excluding carboxylic acids is 1. The first kappa shape index (κ1) is 32.4. The lowest BCUT2D eigenvalue weighted by Gasteiger charge is -2.44. The van der Waals surface area contributed by atoms with Crippen LogP contribution in [-0.2, 0) is 38.0 Å². The Hall–Kier alpha value is -2.51. The zero-order valence-electron chi connectivity index (χ0n) is 24.2. The van der Waals surface area contributed by atoms with Gasteiger partial charge in [0.05, 0.1) is 31.0 Å². The molecule has 4 fully saturated rings. The number of esters is 1. The van der Waals surface area contributed by atoms with Crippen LogP contribution in [0.5, 0.6) is 0 Å². The van der Waals surface area contributed by atoms with Crippen LogP contribution < -0.4 is 0 Å². The second-order valence-corrected chi connectivity index (χ2v) is 11.9. The Labute approximate surface area is 257 Å². The number of epoxide rings is 1. The third kappa shape index (κ3) is 6.04. The number of ether oxygens (including phenoxy) is 7. The molecule has 45 heavy (non-hydrogen) atoms. The summed E-state index contributed by atoms with van der Waals surface area (Å²) in [5.74, 6) is -2.00. The van der Waals surface area contributed by atoms with Gasteiger partial charge in [0.25, 0.3) is 0 Å². The molecule has 1 aromatic rings. The lowest BCUT2D eigenvalue weighted by Crippen LogP contribution is -2.60. The number of hydrogen-bond donors (Lipinski definition) is 7. The molecule has 4 aliphatic heterocycles. The van der Waals surface area contributed by atoms with Crippen LogP contribution in [-0.4, -0.2) is 140 Å². The minimum atomic E-state index is -1.71. The second kappa shape index (κ2) is 12.9. The van der Waals surface area contributed by atoms with Crippen molar-refractivity contribution >= 4 is 12.0 Å². The van der Waals surface area contributed by atoms with Gasteiger partial charge in [0.1, 0.15) is 61.0 Å². The minimum absolute atomic E-state index is 0.270. The summed E-state index contributed by atoms with van der Waals surface area (Å²) >= 11 is 0. The molecular weight excluding hydrogens is 600 g/mol. The molecule has 1 saturated carbocycles. The van der Waals surface area contributed by atoms with Crippen molar-refractivity contribution < 1.29 is 73.7 Å². The lowest BCUT2D eigenvalue weighted by atomic mass is 9.85. The fourth-order valence-electron chi connectivity index (χ4n) is 6.53. The summed E-state index contributed by atoms with van der Waals surface area (Å²) in [5, 5.41) is 71.7. The number of hydrogen-bond acceptors (Lipinski definition) is 15. The molecule has 16 atom stereocenters. The fraction of sp³-hybridized carbons (Fsp3) is 0.633. The van der Waals surface area contributed by atoms with E-state index >= 15 is 0 Å². The number of benzene rings is 1. The molecule has 0 bridgehead atoms. The molecule has 15 nitrogen and oxygen atoms in total. The van der Waals surface area contributed by atoms with E-state index in [0.717, 1.165) is 5.56 Å². The van der Waals surface area contributed by atoms with Crippen LogP contribution in [0.2, 0.25) is 0 Å². The molecule has 0 amide bonds. The van der Waals surface area contributed by atoms with Gasteiger partial charge in [-0.1, -0.05) is 30.3 Å². The van der Waals surface area contributed by atoms with Crippen molar-refractivity contribution in [1.29, 1.82) is 0 Å². The average Bonchev–Trinajstić information content (AvgIpc) is 3.71. The summed E-state index contributed by atoms with van der Waals surface area (Å²) in [4.78, 5) is 12.7. The summed E-state index contributed by atoms with van der Waals surface area (Å²) in [6.07, 6.45) is -11.4. The summed E-state index contributed by atoms with van der Waals surface area (Å²) in [6.45, 7) is 0.587. The second-order valence-electron chi connectivity index (χ2n) is 11.9. The third-order valence-electron chi connectivity index (χ3n) is 9.10. The maximum atomic E-state index is 12.7. The molecule has 0 spiro atoms. The molecule has 0 aromatic heterocycles. The predicted octanol–water partition coefficient (Wildman–Crippen LogP) is -2.47. The summed E-state index contributed by atoms with van der Waals surface area (Å²) in [7, 11) is 0. The van der Waals surface area contributed by atoms with Gasteiger partial charge in [-0.05, 0) is 24.6 Å². The molecule has 4 heterocycles. The Morgan fingerprint density at radius 3 is 2.29 bits per heavy atom. The first-order valence-electron chi connectivity index (χ1n) is 14.8. The molecular formula is C30H38O15. The van der Waals surface area contributed by atoms with E-state index in [2.05, 4.69) is 0 Å². The standard InChI is InChI=1S/C30H38O15/c1-13-19(33)21(35)23(37)28(41-13)43-25-15-9-10-39-27(44-29-24(38)22(36)20(34)16(11-31)42-29)18(15)30(26(25)45-30)12-40-17(32)8-7-14-5-3-2-4-6-14/h2-10,13,15-16,18-29,31,33-38H,11-12H2,1H3/b8-7+/t13?,15?,16?,18?,19?,20?,21?,22?,23?,24?,25-,26-,27-,28?,29?,30+/m0/s1. The lowest BCUT2D eigenvalue weighted by molar-refractivity contribution is -0.347. The third-order valence-corrected chi connectivity index (χ3v) is 9.10. The average molecular weight is 639 g/mol. The van der Waals surface area contributed by atoms with E-state index in [1.807, 2.05) is 30.3 Å². The van der Waals surface area contributed by atoms with Gasteiger partial charge < -0.3 is 68.9 Å². The highest BCUT2D eigenvalue weighted by molar-refractivity contribution is 5.87. The molecule has 5 aliphatic rings. The zero-order valence-corrected chi connectivity index (χ0v) is 24.2. The molecule has 1 aromatic carbocycles. The van der Waals surface area contributed by atoms with Gasteiger partial charge in [0, 0.05) is 12.0 Å². The summed E-state index contributed by atoms with van der Waals surface area (Å²) < 4.78 is 40.8. The Morgan fingerprint density at radius 2 is 1.58 bits per heavy atom. The first-order valence-corrected chi connectivity index (χ1v) is 14.8. The first-order chi connectivity index (χ1) is 21.6. The van der Waals surface area contributed by atoms with E-state index in [4.69, 9.17) is 33.2 Å². The van der Waals surface area contributed by atoms with Gasteiger partial charge in [-0.2, -0.15) is 0 Å². The molecule has 0 radical (unpaired) electrons. The Kier molecular flexibility index (Phi) is 9.33. The van der Waals surface area contributed by atoms with Gasteiger partial charge in [0.15, 0.2) is 12.6 Å². The normalized spacial score (nSPS) is 47.2. The van der Waals surface area contributed by atoms with Crippen molar-refractivity contribution in [2.75, 3.05) is 13.2 Å². The Balaban J connectivity index is 1.23. The number of aliphatic hydroxyl groups is 7. The van der Waals surface area contributed by atoms with Crippen LogP contribution in [0, 0.1) is 11.8 Å². The number of rotatable bonds is 9. The monoisotopic (exact) mass is 638 g/mol.